The fourth-order valence-electron chi connectivity index (χ4n) is 2.79. The SMILES string of the molecule is CNC(Cc1cc(Cl)ccc1OC)CC1CCCCO1. The van der Waals surface area contributed by atoms with Gasteiger partial charge >= 0.3 is 0 Å². The van der Waals surface area contributed by atoms with Gasteiger partial charge < -0.3 is 14.8 Å². The second-order valence-corrected chi connectivity index (χ2v) is 5.81. The third-order valence-corrected chi connectivity index (χ3v) is 4.17. The molecule has 4 heteroatoms. The molecule has 1 N–H and O–H groups in total. The van der Waals surface area contributed by atoms with Crippen molar-refractivity contribution < 1.29 is 9.47 Å². The number of ether oxygens (including phenoxy) is 2. The van der Waals surface area contributed by atoms with Crippen LogP contribution in [0.3, 0.4) is 0 Å². The van der Waals surface area contributed by atoms with Crippen LogP contribution in [0.1, 0.15) is 31.2 Å². The lowest BCUT2D eigenvalue weighted by Crippen LogP contribution is -2.34. The average Bonchev–Trinajstić information content (AvgIpc) is 2.48. The Morgan fingerprint density at radius 1 is 1.45 bits per heavy atom. The molecule has 0 saturated carbocycles. The molecule has 2 unspecified atom stereocenters. The molecule has 0 aliphatic carbocycles. The van der Waals surface area contributed by atoms with Crippen molar-refractivity contribution in [3.05, 3.63) is 28.8 Å². The minimum atomic E-state index is 0.380. The maximum absolute atomic E-state index is 6.09. The van der Waals surface area contributed by atoms with Crippen LogP contribution in [0.5, 0.6) is 5.75 Å². The van der Waals surface area contributed by atoms with Gasteiger partial charge in [-0.1, -0.05) is 11.6 Å². The van der Waals surface area contributed by atoms with E-state index in [0.29, 0.717) is 12.1 Å². The predicted molar refractivity (Wildman–Crippen MR) is 82.8 cm³/mol. The molecule has 1 fully saturated rings. The summed E-state index contributed by atoms with van der Waals surface area (Å²) in [5.74, 6) is 0.902. The van der Waals surface area contributed by atoms with Crippen molar-refractivity contribution in [2.75, 3.05) is 20.8 Å². The number of hydrogen-bond acceptors (Lipinski definition) is 3. The molecule has 0 aromatic heterocycles. The zero-order chi connectivity index (χ0) is 14.4. The van der Waals surface area contributed by atoms with Crippen LogP contribution in [0.2, 0.25) is 5.02 Å². The first-order valence-electron chi connectivity index (χ1n) is 7.34. The molecule has 112 valence electrons. The first-order valence-corrected chi connectivity index (χ1v) is 7.72. The average molecular weight is 298 g/mol. The van der Waals surface area contributed by atoms with Gasteiger partial charge in [0, 0.05) is 17.7 Å². The number of likely N-dealkylation sites (N-methyl/N-ethyl adjacent to an activating group) is 1. The highest BCUT2D eigenvalue weighted by Gasteiger charge is 2.20. The Balaban J connectivity index is 1.99. The van der Waals surface area contributed by atoms with Crippen LogP contribution >= 0.6 is 11.6 Å². The molecule has 20 heavy (non-hydrogen) atoms. The van der Waals surface area contributed by atoms with E-state index >= 15 is 0 Å². The van der Waals surface area contributed by atoms with Crippen LogP contribution in [-0.2, 0) is 11.2 Å². The molecule has 1 saturated heterocycles. The molecule has 0 bridgehead atoms. The van der Waals surface area contributed by atoms with Gasteiger partial charge in [0.05, 0.1) is 13.2 Å². The van der Waals surface area contributed by atoms with Gasteiger partial charge in [-0.3, -0.25) is 0 Å². The molecule has 0 radical (unpaired) electrons. The monoisotopic (exact) mass is 297 g/mol. The van der Waals surface area contributed by atoms with Crippen molar-refractivity contribution in [3.8, 4) is 5.75 Å². The molecular weight excluding hydrogens is 274 g/mol. The van der Waals surface area contributed by atoms with Crippen LogP contribution in [0.4, 0.5) is 0 Å². The fourth-order valence-corrected chi connectivity index (χ4v) is 2.98. The van der Waals surface area contributed by atoms with Crippen molar-refractivity contribution in [1.29, 1.82) is 0 Å². The number of halogens is 1. The molecule has 3 nitrogen and oxygen atoms in total. The van der Waals surface area contributed by atoms with E-state index in [2.05, 4.69) is 5.32 Å². The van der Waals surface area contributed by atoms with Crippen LogP contribution in [0.25, 0.3) is 0 Å². The predicted octanol–water partition coefficient (Wildman–Crippen LogP) is 3.44. The minimum absolute atomic E-state index is 0.380. The molecule has 2 atom stereocenters. The molecular formula is C16H24ClNO2. The third-order valence-electron chi connectivity index (χ3n) is 3.94. The Morgan fingerprint density at radius 2 is 2.30 bits per heavy atom. The highest BCUT2D eigenvalue weighted by Crippen LogP contribution is 2.25. The summed E-state index contributed by atoms with van der Waals surface area (Å²) in [6.45, 7) is 0.904. The second-order valence-electron chi connectivity index (χ2n) is 5.37. The molecule has 1 aromatic carbocycles. The lowest BCUT2D eigenvalue weighted by Gasteiger charge is -2.27. The Labute approximate surface area is 126 Å². The maximum atomic E-state index is 6.09. The molecule has 1 aliphatic heterocycles. The number of nitrogens with one attached hydrogen (secondary N) is 1. The summed E-state index contributed by atoms with van der Waals surface area (Å²) in [5, 5.41) is 4.14. The summed E-state index contributed by atoms with van der Waals surface area (Å²) >= 11 is 6.09. The zero-order valence-corrected chi connectivity index (χ0v) is 13.1. The van der Waals surface area contributed by atoms with Gasteiger partial charge in [0.25, 0.3) is 0 Å². The van der Waals surface area contributed by atoms with Crippen molar-refractivity contribution in [2.24, 2.45) is 0 Å². The normalized spacial score (nSPS) is 20.6. The van der Waals surface area contributed by atoms with Crippen LogP contribution in [0, 0.1) is 0 Å². The van der Waals surface area contributed by atoms with Crippen molar-refractivity contribution in [2.45, 2.75) is 44.2 Å². The van der Waals surface area contributed by atoms with Gasteiger partial charge in [-0.15, -0.1) is 0 Å². The largest absolute Gasteiger partial charge is 0.496 e. The van der Waals surface area contributed by atoms with E-state index in [9.17, 15) is 0 Å². The summed E-state index contributed by atoms with van der Waals surface area (Å²) in [6.07, 6.45) is 5.97. The van der Waals surface area contributed by atoms with E-state index in [-0.39, 0.29) is 0 Å². The quantitative estimate of drug-likeness (QED) is 0.872. The number of methoxy groups -OCH3 is 1. The van der Waals surface area contributed by atoms with Crippen LogP contribution in [0.15, 0.2) is 18.2 Å². The van der Waals surface area contributed by atoms with Gasteiger partial charge in [-0.2, -0.15) is 0 Å². The first kappa shape index (κ1) is 15.6. The standard InChI is InChI=1S/C16H24ClNO2/c1-18-14(11-15-5-3-4-8-20-15)10-12-9-13(17)6-7-16(12)19-2/h6-7,9,14-15,18H,3-5,8,10-11H2,1-2H3. The Kier molecular flexibility index (Phi) is 6.14. The van der Waals surface area contributed by atoms with E-state index in [4.69, 9.17) is 21.1 Å². The van der Waals surface area contributed by atoms with Crippen molar-refractivity contribution in [3.63, 3.8) is 0 Å². The van der Waals surface area contributed by atoms with E-state index < -0.39 is 0 Å². The summed E-state index contributed by atoms with van der Waals surface area (Å²) in [4.78, 5) is 0. The van der Waals surface area contributed by atoms with Crippen molar-refractivity contribution in [1.82, 2.24) is 5.32 Å². The fraction of sp³-hybridized carbons (Fsp3) is 0.625. The van der Waals surface area contributed by atoms with Gasteiger partial charge in [-0.05, 0) is 62.9 Å². The molecule has 1 aliphatic rings. The highest BCUT2D eigenvalue weighted by molar-refractivity contribution is 6.30. The first-order chi connectivity index (χ1) is 9.72. The highest BCUT2D eigenvalue weighted by atomic mass is 35.5. The van der Waals surface area contributed by atoms with Crippen molar-refractivity contribution >= 4 is 11.6 Å². The van der Waals surface area contributed by atoms with E-state index in [1.165, 1.54) is 19.3 Å². The van der Waals surface area contributed by atoms with Gasteiger partial charge in [0.1, 0.15) is 5.75 Å². The smallest absolute Gasteiger partial charge is 0.122 e. The Bertz CT molecular complexity index is 419. The second kappa shape index (κ2) is 7.87. The molecule has 1 aromatic rings. The number of hydrogen-bond donors (Lipinski definition) is 1. The molecule has 0 amide bonds. The van der Waals surface area contributed by atoms with E-state index in [1.807, 2.05) is 25.2 Å². The molecule has 1 heterocycles. The Morgan fingerprint density at radius 3 is 2.95 bits per heavy atom. The summed E-state index contributed by atoms with van der Waals surface area (Å²) in [7, 11) is 3.70. The summed E-state index contributed by atoms with van der Waals surface area (Å²) in [5.41, 5.74) is 1.15. The zero-order valence-electron chi connectivity index (χ0n) is 12.3. The summed E-state index contributed by atoms with van der Waals surface area (Å²) in [6, 6.07) is 6.17. The molecule has 0 spiro atoms. The number of benzene rings is 1. The Hall–Kier alpha value is -0.770. The van der Waals surface area contributed by atoms with Gasteiger partial charge in [0.15, 0.2) is 0 Å². The van der Waals surface area contributed by atoms with Gasteiger partial charge in [0.2, 0.25) is 0 Å². The van der Waals surface area contributed by atoms with Crippen LogP contribution < -0.4 is 10.1 Å². The topological polar surface area (TPSA) is 30.5 Å². The lowest BCUT2D eigenvalue weighted by atomic mass is 9.96. The van der Waals surface area contributed by atoms with E-state index in [0.717, 1.165) is 35.8 Å². The van der Waals surface area contributed by atoms with Gasteiger partial charge in [-0.25, -0.2) is 0 Å². The molecule has 2 rings (SSSR count). The minimum Gasteiger partial charge on any atom is -0.496 e. The maximum Gasteiger partial charge on any atom is 0.122 e. The summed E-state index contributed by atoms with van der Waals surface area (Å²) < 4.78 is 11.2. The lowest BCUT2D eigenvalue weighted by molar-refractivity contribution is 0.00566. The van der Waals surface area contributed by atoms with Crippen LogP contribution in [-0.4, -0.2) is 32.9 Å². The number of rotatable bonds is 6. The third kappa shape index (κ3) is 4.37. The van der Waals surface area contributed by atoms with E-state index in [1.54, 1.807) is 7.11 Å².